The van der Waals surface area contributed by atoms with Gasteiger partial charge in [-0.25, -0.2) is 9.18 Å². The third-order valence-electron chi connectivity index (χ3n) is 4.98. The number of carbonyl (C=O) groups excluding carboxylic acids is 1. The van der Waals surface area contributed by atoms with Crippen LogP contribution in [0, 0.1) is 5.82 Å². The molecule has 4 rings (SSSR count). The predicted molar refractivity (Wildman–Crippen MR) is 129 cm³/mol. The standard InChI is InChI=1S/C26H22FN3O3S/c1-30-25(34-23-11-7-6-10-21(23)26(31)32-2)22(24(29-30)19-8-4-3-5-9-19)16-28-33-17-18-12-14-20(27)15-13-18/h3-16H,17H2,1-2H3. The van der Waals surface area contributed by atoms with E-state index >= 15 is 0 Å². The molecule has 0 bridgehead atoms. The molecule has 0 amide bonds. The Balaban J connectivity index is 1.67. The molecule has 1 aromatic heterocycles. The fraction of sp³-hybridized carbons (Fsp3) is 0.115. The zero-order valence-electron chi connectivity index (χ0n) is 18.6. The van der Waals surface area contributed by atoms with E-state index < -0.39 is 5.97 Å². The Labute approximate surface area is 201 Å². The maximum Gasteiger partial charge on any atom is 0.339 e. The van der Waals surface area contributed by atoms with Gasteiger partial charge in [-0.1, -0.05) is 71.5 Å². The van der Waals surface area contributed by atoms with E-state index in [-0.39, 0.29) is 12.4 Å². The minimum absolute atomic E-state index is 0.200. The topological polar surface area (TPSA) is 65.7 Å². The monoisotopic (exact) mass is 475 g/mol. The van der Waals surface area contributed by atoms with Crippen molar-refractivity contribution in [1.82, 2.24) is 9.78 Å². The Bertz CT molecular complexity index is 1300. The van der Waals surface area contributed by atoms with Gasteiger partial charge >= 0.3 is 5.97 Å². The van der Waals surface area contributed by atoms with Gasteiger partial charge in [0.05, 0.1) is 24.5 Å². The van der Waals surface area contributed by atoms with E-state index in [2.05, 4.69) is 5.16 Å². The third-order valence-corrected chi connectivity index (χ3v) is 6.23. The lowest BCUT2D eigenvalue weighted by atomic mass is 10.1. The van der Waals surface area contributed by atoms with Crippen LogP contribution >= 0.6 is 11.8 Å². The molecule has 8 heteroatoms. The van der Waals surface area contributed by atoms with Crippen molar-refractivity contribution < 1.29 is 18.8 Å². The lowest BCUT2D eigenvalue weighted by Gasteiger charge is -2.08. The average molecular weight is 476 g/mol. The average Bonchev–Trinajstić information content (AvgIpc) is 3.18. The summed E-state index contributed by atoms with van der Waals surface area (Å²) in [6.07, 6.45) is 1.61. The van der Waals surface area contributed by atoms with E-state index in [9.17, 15) is 9.18 Å². The number of rotatable bonds is 8. The molecule has 0 fully saturated rings. The van der Waals surface area contributed by atoms with Gasteiger partial charge in [0, 0.05) is 17.5 Å². The summed E-state index contributed by atoms with van der Waals surface area (Å²) in [6.45, 7) is 0.200. The third kappa shape index (κ3) is 5.35. The molecule has 1 heterocycles. The second kappa shape index (κ2) is 10.8. The number of carbonyl (C=O) groups is 1. The molecule has 6 nitrogen and oxygen atoms in total. The molecular formula is C26H22FN3O3S. The van der Waals surface area contributed by atoms with Crippen LogP contribution in [0.15, 0.2) is 93.9 Å². The molecule has 4 aromatic rings. The lowest BCUT2D eigenvalue weighted by Crippen LogP contribution is -2.03. The molecule has 0 aliphatic heterocycles. The highest BCUT2D eigenvalue weighted by molar-refractivity contribution is 7.99. The smallest absolute Gasteiger partial charge is 0.339 e. The van der Waals surface area contributed by atoms with E-state index in [1.54, 1.807) is 35.2 Å². The Hall–Kier alpha value is -3.91. The van der Waals surface area contributed by atoms with Gasteiger partial charge in [-0.05, 0) is 29.8 Å². The van der Waals surface area contributed by atoms with Crippen LogP contribution in [0.1, 0.15) is 21.5 Å². The van der Waals surface area contributed by atoms with Crippen molar-refractivity contribution in [3.8, 4) is 11.3 Å². The SMILES string of the molecule is COC(=O)c1ccccc1Sc1c(C=NOCc2ccc(F)cc2)c(-c2ccccc2)nn1C. The summed E-state index contributed by atoms with van der Waals surface area (Å²) in [5.74, 6) is -0.713. The van der Waals surface area contributed by atoms with E-state index in [4.69, 9.17) is 14.7 Å². The molecule has 0 radical (unpaired) electrons. The zero-order chi connectivity index (χ0) is 23.9. The summed E-state index contributed by atoms with van der Waals surface area (Å²) in [5, 5.41) is 9.65. The number of ether oxygens (including phenoxy) is 1. The van der Waals surface area contributed by atoms with Crippen LogP contribution in [0.25, 0.3) is 11.3 Å². The van der Waals surface area contributed by atoms with Gasteiger partial charge in [0.15, 0.2) is 0 Å². The number of esters is 1. The minimum Gasteiger partial charge on any atom is -0.465 e. The molecule has 0 N–H and O–H groups in total. The Morgan fingerprint density at radius 2 is 1.76 bits per heavy atom. The number of aryl methyl sites for hydroxylation is 1. The number of hydrogen-bond acceptors (Lipinski definition) is 6. The molecule has 3 aromatic carbocycles. The molecule has 0 aliphatic rings. The van der Waals surface area contributed by atoms with Crippen LogP contribution in [0.5, 0.6) is 0 Å². The van der Waals surface area contributed by atoms with Gasteiger partial charge in [-0.2, -0.15) is 5.10 Å². The van der Waals surface area contributed by atoms with Crippen LogP contribution in [-0.2, 0) is 23.2 Å². The largest absolute Gasteiger partial charge is 0.465 e. The molecule has 0 unspecified atom stereocenters. The van der Waals surface area contributed by atoms with Crippen molar-refractivity contribution in [3.63, 3.8) is 0 Å². The fourth-order valence-corrected chi connectivity index (χ4v) is 4.34. The lowest BCUT2D eigenvalue weighted by molar-refractivity contribution is 0.0597. The van der Waals surface area contributed by atoms with Gasteiger partial charge in [0.25, 0.3) is 0 Å². The number of halogens is 1. The molecule has 0 aliphatic carbocycles. The molecular weight excluding hydrogens is 453 g/mol. The van der Waals surface area contributed by atoms with E-state index in [1.807, 2.05) is 49.5 Å². The summed E-state index contributed by atoms with van der Waals surface area (Å²) < 4.78 is 19.8. The van der Waals surface area contributed by atoms with Crippen molar-refractivity contribution in [2.45, 2.75) is 16.5 Å². The number of benzene rings is 3. The van der Waals surface area contributed by atoms with Gasteiger partial charge < -0.3 is 9.57 Å². The Morgan fingerprint density at radius 1 is 1.06 bits per heavy atom. The molecule has 172 valence electrons. The Kier molecular flexibility index (Phi) is 7.39. The highest BCUT2D eigenvalue weighted by Crippen LogP contribution is 2.36. The molecule has 0 saturated carbocycles. The van der Waals surface area contributed by atoms with Gasteiger partial charge in [-0.15, -0.1) is 0 Å². The maximum atomic E-state index is 13.1. The second-order valence-electron chi connectivity index (χ2n) is 7.28. The number of aromatic nitrogens is 2. The number of methoxy groups -OCH3 is 1. The Morgan fingerprint density at radius 3 is 2.50 bits per heavy atom. The summed E-state index contributed by atoms with van der Waals surface area (Å²) in [6, 6.07) is 23.0. The molecule has 0 saturated heterocycles. The van der Waals surface area contributed by atoms with Gasteiger partial charge in [0.2, 0.25) is 0 Å². The first kappa shape index (κ1) is 23.3. The predicted octanol–water partition coefficient (Wildman–Crippen LogP) is 5.71. The molecule has 34 heavy (non-hydrogen) atoms. The van der Waals surface area contributed by atoms with E-state index in [0.717, 1.165) is 32.3 Å². The van der Waals surface area contributed by atoms with Crippen molar-refractivity contribution >= 4 is 23.9 Å². The summed E-state index contributed by atoms with van der Waals surface area (Å²) in [4.78, 5) is 18.5. The normalized spacial score (nSPS) is 11.0. The number of nitrogens with zero attached hydrogens (tertiary/aromatic N) is 3. The highest BCUT2D eigenvalue weighted by atomic mass is 32.2. The van der Waals surface area contributed by atoms with E-state index in [1.165, 1.54) is 31.0 Å². The van der Waals surface area contributed by atoms with Crippen LogP contribution in [0.2, 0.25) is 0 Å². The maximum absolute atomic E-state index is 13.1. The molecule has 0 spiro atoms. The highest BCUT2D eigenvalue weighted by Gasteiger charge is 2.20. The summed E-state index contributed by atoms with van der Waals surface area (Å²) in [5.41, 5.74) is 3.67. The van der Waals surface area contributed by atoms with Crippen molar-refractivity contribution in [2.24, 2.45) is 12.2 Å². The van der Waals surface area contributed by atoms with Crippen LogP contribution in [-0.4, -0.2) is 29.1 Å². The van der Waals surface area contributed by atoms with Crippen LogP contribution in [0.3, 0.4) is 0 Å². The minimum atomic E-state index is -0.411. The van der Waals surface area contributed by atoms with Crippen molar-refractivity contribution in [2.75, 3.05) is 7.11 Å². The van der Waals surface area contributed by atoms with Crippen molar-refractivity contribution in [1.29, 1.82) is 0 Å². The van der Waals surface area contributed by atoms with E-state index in [0.29, 0.717) is 5.56 Å². The first-order valence-corrected chi connectivity index (χ1v) is 11.3. The molecule has 0 atom stereocenters. The van der Waals surface area contributed by atoms with Gasteiger partial charge in [0.1, 0.15) is 23.1 Å². The number of oxime groups is 1. The fourth-order valence-electron chi connectivity index (χ4n) is 3.29. The summed E-state index contributed by atoms with van der Waals surface area (Å²) >= 11 is 1.39. The summed E-state index contributed by atoms with van der Waals surface area (Å²) in [7, 11) is 3.20. The first-order chi connectivity index (χ1) is 16.6. The van der Waals surface area contributed by atoms with Crippen molar-refractivity contribution in [3.05, 3.63) is 101 Å². The van der Waals surface area contributed by atoms with Crippen LogP contribution < -0.4 is 0 Å². The second-order valence-corrected chi connectivity index (χ2v) is 8.31. The zero-order valence-corrected chi connectivity index (χ0v) is 19.5. The first-order valence-electron chi connectivity index (χ1n) is 10.4. The number of hydrogen-bond donors (Lipinski definition) is 0. The van der Waals surface area contributed by atoms with Gasteiger partial charge in [-0.3, -0.25) is 4.68 Å². The van der Waals surface area contributed by atoms with Crippen LogP contribution in [0.4, 0.5) is 4.39 Å². The quantitative estimate of drug-likeness (QED) is 0.185.